The number of aromatic nitrogens is 4. The average Bonchev–Trinajstić information content (AvgIpc) is 3.28. The summed E-state index contributed by atoms with van der Waals surface area (Å²) in [5.74, 6) is 0.629. The van der Waals surface area contributed by atoms with Crippen LogP contribution in [-0.4, -0.2) is 32.7 Å². The number of benzene rings is 2. The van der Waals surface area contributed by atoms with E-state index in [0.29, 0.717) is 39.0 Å². The van der Waals surface area contributed by atoms with Gasteiger partial charge in [-0.3, -0.25) is 14.6 Å². The van der Waals surface area contributed by atoms with Crippen molar-refractivity contribution in [1.82, 2.24) is 25.1 Å². The van der Waals surface area contributed by atoms with Gasteiger partial charge in [-0.2, -0.15) is 14.8 Å². The Hall–Kier alpha value is -4.41. The minimum Gasteiger partial charge on any atom is -0.457 e. The van der Waals surface area contributed by atoms with Crippen molar-refractivity contribution in [3.8, 4) is 17.2 Å². The second kappa shape index (κ2) is 9.68. The maximum atomic E-state index is 12.2. The zero-order valence-electron chi connectivity index (χ0n) is 18.5. The molecule has 36 heavy (non-hydrogen) atoms. The first kappa shape index (κ1) is 23.3. The lowest BCUT2D eigenvalue weighted by atomic mass is 10.2. The van der Waals surface area contributed by atoms with Crippen LogP contribution >= 0.6 is 23.2 Å². The number of carbonyl (C=O) groups excluding carboxylic acids is 1. The van der Waals surface area contributed by atoms with Gasteiger partial charge in [0.1, 0.15) is 27.9 Å². The van der Waals surface area contributed by atoms with E-state index in [1.54, 1.807) is 42.5 Å². The fraction of sp³-hybridized carbons (Fsp3) is 0.0417. The molecule has 12 heteroatoms. The molecule has 0 aliphatic carbocycles. The number of carbonyl (C=O) groups is 1. The zero-order chi connectivity index (χ0) is 25.2. The summed E-state index contributed by atoms with van der Waals surface area (Å²) in [6.07, 6.45) is 1.49. The smallest absolute Gasteiger partial charge is 0.300 e. The topological polar surface area (TPSA) is 124 Å². The van der Waals surface area contributed by atoms with E-state index in [1.807, 2.05) is 0 Å². The van der Waals surface area contributed by atoms with Gasteiger partial charge >= 0.3 is 0 Å². The Morgan fingerprint density at radius 3 is 2.69 bits per heavy atom. The molecule has 0 radical (unpaired) electrons. The predicted molar refractivity (Wildman–Crippen MR) is 135 cm³/mol. The molecular formula is C24H16Cl2N6O4. The molecule has 1 amide bonds. The van der Waals surface area contributed by atoms with Crippen molar-refractivity contribution in [2.24, 2.45) is 0 Å². The van der Waals surface area contributed by atoms with Crippen LogP contribution in [0, 0.1) is 0 Å². The maximum absolute atomic E-state index is 12.2. The minimum atomic E-state index is -0.385. The van der Waals surface area contributed by atoms with E-state index >= 15 is 0 Å². The summed E-state index contributed by atoms with van der Waals surface area (Å²) in [4.78, 5) is 32.5. The van der Waals surface area contributed by atoms with Gasteiger partial charge in [0.25, 0.3) is 17.5 Å². The third kappa shape index (κ3) is 4.85. The number of fused-ring (bicyclic) bond motifs is 1. The second-order valence-electron chi connectivity index (χ2n) is 7.40. The molecule has 0 aliphatic heterocycles. The van der Waals surface area contributed by atoms with E-state index in [4.69, 9.17) is 32.4 Å². The number of rotatable bonds is 6. The quantitative estimate of drug-likeness (QED) is 0.320. The lowest BCUT2D eigenvalue weighted by Gasteiger charge is -2.09. The molecule has 0 saturated carbocycles. The summed E-state index contributed by atoms with van der Waals surface area (Å²) in [6.45, 7) is 0. The van der Waals surface area contributed by atoms with Crippen LogP contribution in [0.25, 0.3) is 16.8 Å². The fourth-order valence-electron chi connectivity index (χ4n) is 3.32. The number of oxazole rings is 1. The van der Waals surface area contributed by atoms with Gasteiger partial charge in [-0.05, 0) is 42.5 Å². The normalized spacial score (nSPS) is 10.9. The van der Waals surface area contributed by atoms with Crippen molar-refractivity contribution >= 4 is 51.9 Å². The Bertz CT molecular complexity index is 1670. The Balaban J connectivity index is 1.39. The zero-order valence-corrected chi connectivity index (χ0v) is 20.0. The van der Waals surface area contributed by atoms with E-state index in [-0.39, 0.29) is 28.3 Å². The van der Waals surface area contributed by atoms with Crippen LogP contribution in [0.1, 0.15) is 10.5 Å². The van der Waals surface area contributed by atoms with Gasteiger partial charge in [0.05, 0.1) is 10.7 Å². The minimum absolute atomic E-state index is 0.151. The van der Waals surface area contributed by atoms with Gasteiger partial charge in [-0.1, -0.05) is 23.2 Å². The summed E-state index contributed by atoms with van der Waals surface area (Å²) in [7, 11) is 1.53. The molecule has 2 aromatic carbocycles. The van der Waals surface area contributed by atoms with Crippen molar-refractivity contribution in [3.63, 3.8) is 0 Å². The Morgan fingerprint density at radius 1 is 1.03 bits per heavy atom. The lowest BCUT2D eigenvalue weighted by Crippen LogP contribution is -2.20. The first-order valence-corrected chi connectivity index (χ1v) is 11.2. The number of halogens is 2. The Morgan fingerprint density at radius 2 is 1.86 bits per heavy atom. The van der Waals surface area contributed by atoms with Crippen molar-refractivity contribution in [2.45, 2.75) is 0 Å². The number of ether oxygens (including phenoxy) is 1. The van der Waals surface area contributed by atoms with Crippen molar-refractivity contribution in [1.29, 1.82) is 0 Å². The molecule has 0 fully saturated rings. The largest absolute Gasteiger partial charge is 0.457 e. The molecule has 0 atom stereocenters. The summed E-state index contributed by atoms with van der Waals surface area (Å²) in [6, 6.07) is 16.2. The monoisotopic (exact) mass is 522 g/mol. The van der Waals surface area contributed by atoms with Crippen molar-refractivity contribution in [3.05, 3.63) is 93.1 Å². The van der Waals surface area contributed by atoms with Crippen molar-refractivity contribution < 1.29 is 13.9 Å². The molecule has 0 saturated heterocycles. The third-order valence-corrected chi connectivity index (χ3v) is 5.50. The molecule has 5 aromatic rings. The van der Waals surface area contributed by atoms with E-state index in [1.165, 1.54) is 31.4 Å². The molecule has 0 bridgehead atoms. The summed E-state index contributed by atoms with van der Waals surface area (Å²) < 4.78 is 12.8. The Labute approximate surface area is 213 Å². The first-order valence-electron chi connectivity index (χ1n) is 10.5. The molecule has 0 aliphatic rings. The highest BCUT2D eigenvalue weighted by Crippen LogP contribution is 2.30. The number of hydrogen-bond acceptors (Lipinski definition) is 8. The average molecular weight is 523 g/mol. The lowest BCUT2D eigenvalue weighted by molar-refractivity contribution is 0.0958. The van der Waals surface area contributed by atoms with Crippen molar-refractivity contribution in [2.75, 3.05) is 12.4 Å². The van der Waals surface area contributed by atoms with Crippen LogP contribution in [0.15, 0.2) is 76.1 Å². The maximum Gasteiger partial charge on any atom is 0.300 e. The molecule has 2 N–H and O–H groups in total. The number of pyridine rings is 1. The molecule has 10 nitrogen and oxygen atoms in total. The van der Waals surface area contributed by atoms with Gasteiger partial charge < -0.3 is 19.8 Å². The summed E-state index contributed by atoms with van der Waals surface area (Å²) >= 11 is 12.2. The van der Waals surface area contributed by atoms with Gasteiger partial charge in [0.2, 0.25) is 0 Å². The molecule has 5 rings (SSSR count). The molecule has 0 spiro atoms. The third-order valence-electron chi connectivity index (χ3n) is 4.98. The number of amides is 1. The molecule has 180 valence electrons. The highest BCUT2D eigenvalue weighted by Gasteiger charge is 2.12. The van der Waals surface area contributed by atoms with Gasteiger partial charge in [-0.25, -0.2) is 0 Å². The number of anilines is 2. The summed E-state index contributed by atoms with van der Waals surface area (Å²) in [5, 5.41) is 10.1. The number of nitrogens with one attached hydrogen (secondary N) is 2. The van der Waals surface area contributed by atoms with E-state index in [2.05, 4.69) is 25.7 Å². The van der Waals surface area contributed by atoms with Crippen LogP contribution in [0.2, 0.25) is 10.2 Å². The number of nitrogens with zero attached hydrogens (tertiary/aromatic N) is 4. The fourth-order valence-corrected chi connectivity index (χ4v) is 3.66. The van der Waals surface area contributed by atoms with E-state index in [0.717, 1.165) is 4.68 Å². The van der Waals surface area contributed by atoms with Gasteiger partial charge in [-0.15, -0.1) is 0 Å². The standard InChI is InChI=1S/C24H16Cl2N6O4/c1-27-23(34)18-12-15(8-9-28-18)35-14-3-5-20-17(11-14)30-24(36-20)29-13-2-4-16(25)19(10-13)32-22(33)7-6-21(26)31-32/h2-12H,1H3,(H,27,34)(H,29,30). The van der Waals surface area contributed by atoms with Crippen LogP contribution in [0.3, 0.4) is 0 Å². The number of hydrogen-bond donors (Lipinski definition) is 2. The van der Waals surface area contributed by atoms with Gasteiger partial charge in [0, 0.05) is 37.1 Å². The SMILES string of the molecule is CNC(=O)c1cc(Oc2ccc3oc(Nc4ccc(Cl)c(-n5nc(Cl)ccc5=O)c4)nc3c2)ccn1. The predicted octanol–water partition coefficient (Wildman–Crippen LogP) is 4.97. The first-order chi connectivity index (χ1) is 17.4. The molecular weight excluding hydrogens is 507 g/mol. The van der Waals surface area contributed by atoms with Crippen LogP contribution in [0.5, 0.6) is 11.5 Å². The highest BCUT2D eigenvalue weighted by atomic mass is 35.5. The molecule has 3 aromatic heterocycles. The Kier molecular flexibility index (Phi) is 6.28. The van der Waals surface area contributed by atoms with Crippen LogP contribution in [-0.2, 0) is 0 Å². The highest BCUT2D eigenvalue weighted by molar-refractivity contribution is 6.32. The van der Waals surface area contributed by atoms with E-state index in [9.17, 15) is 9.59 Å². The summed E-state index contributed by atoms with van der Waals surface area (Å²) in [5.41, 5.74) is 1.81. The molecule has 0 unspecified atom stereocenters. The van der Waals surface area contributed by atoms with Crippen LogP contribution < -0.4 is 20.9 Å². The van der Waals surface area contributed by atoms with Crippen LogP contribution in [0.4, 0.5) is 11.7 Å². The molecule has 3 heterocycles. The van der Waals surface area contributed by atoms with Gasteiger partial charge in [0.15, 0.2) is 5.58 Å². The second-order valence-corrected chi connectivity index (χ2v) is 8.20. The van der Waals surface area contributed by atoms with E-state index < -0.39 is 0 Å².